The molecule has 2 atom stereocenters. The Kier molecular flexibility index (Phi) is 13.9. The van der Waals surface area contributed by atoms with Gasteiger partial charge in [0.1, 0.15) is 11.5 Å². The minimum atomic E-state index is -3.84. The van der Waals surface area contributed by atoms with Crippen molar-refractivity contribution in [3.05, 3.63) is 60.2 Å². The number of unbranched alkanes of at least 4 members (excludes halogenated alkanes) is 9. The Hall–Kier alpha value is -1.29. The van der Waals surface area contributed by atoms with Gasteiger partial charge in [-0.25, -0.2) is 4.57 Å². The Balaban J connectivity index is 1.82. The highest BCUT2D eigenvalue weighted by Crippen LogP contribution is 2.51. The molecule has 0 spiro atoms. The molecular weight excluding hydrogens is 499 g/mol. The molecular formula is C27H40BrO4P. The number of benzene rings is 2. The molecule has 0 saturated carbocycles. The van der Waals surface area contributed by atoms with E-state index in [1.54, 1.807) is 18.2 Å². The van der Waals surface area contributed by atoms with Crippen LogP contribution in [0.4, 0.5) is 0 Å². The summed E-state index contributed by atoms with van der Waals surface area (Å²) in [7, 11) is -3.84. The molecule has 0 aliphatic heterocycles. The summed E-state index contributed by atoms with van der Waals surface area (Å²) in [5, 5.41) is 0.685. The van der Waals surface area contributed by atoms with E-state index >= 15 is 0 Å². The number of halogens is 1. The summed E-state index contributed by atoms with van der Waals surface area (Å²) < 4.78 is 31.0. The fourth-order valence-corrected chi connectivity index (χ4v) is 5.45. The molecule has 0 bridgehead atoms. The maximum Gasteiger partial charge on any atom is 0.587 e. The molecule has 0 radical (unpaired) electrons. The lowest BCUT2D eigenvalue weighted by Crippen LogP contribution is -2.13. The van der Waals surface area contributed by atoms with Crippen molar-refractivity contribution in [3.63, 3.8) is 0 Å². The van der Waals surface area contributed by atoms with Crippen LogP contribution in [0.1, 0.15) is 90.0 Å². The van der Waals surface area contributed by atoms with Crippen molar-refractivity contribution in [2.45, 2.75) is 95.9 Å². The third-order valence-electron chi connectivity index (χ3n) is 5.50. The summed E-state index contributed by atoms with van der Waals surface area (Å²) in [4.78, 5) is 0. The number of phosphoric ester groups is 1. The van der Waals surface area contributed by atoms with Crippen molar-refractivity contribution in [2.75, 3.05) is 0 Å². The van der Waals surface area contributed by atoms with Crippen LogP contribution < -0.4 is 9.05 Å². The molecule has 0 heterocycles. The minimum absolute atomic E-state index is 0.229. The summed E-state index contributed by atoms with van der Waals surface area (Å²) in [5.41, 5.74) is 1.03. The van der Waals surface area contributed by atoms with Crippen LogP contribution in [0.2, 0.25) is 0 Å². The lowest BCUT2D eigenvalue weighted by molar-refractivity contribution is 0.145. The van der Waals surface area contributed by atoms with Crippen molar-refractivity contribution in [1.29, 1.82) is 0 Å². The van der Waals surface area contributed by atoms with Gasteiger partial charge in [0.25, 0.3) is 0 Å². The number of phosphoric acid groups is 1. The van der Waals surface area contributed by atoms with Crippen LogP contribution in [0, 0.1) is 0 Å². The van der Waals surface area contributed by atoms with Gasteiger partial charge in [0.15, 0.2) is 0 Å². The van der Waals surface area contributed by atoms with Crippen LogP contribution in [-0.2, 0) is 14.4 Å². The average molecular weight is 539 g/mol. The molecule has 0 aliphatic rings. The van der Waals surface area contributed by atoms with Gasteiger partial charge in [0.2, 0.25) is 0 Å². The highest BCUT2D eigenvalue weighted by atomic mass is 79.9. The van der Waals surface area contributed by atoms with Crippen LogP contribution in [0.15, 0.2) is 54.6 Å². The van der Waals surface area contributed by atoms with Gasteiger partial charge in [-0.1, -0.05) is 117 Å². The van der Waals surface area contributed by atoms with Gasteiger partial charge in [0.05, 0.1) is 6.10 Å². The van der Waals surface area contributed by atoms with Crippen LogP contribution in [0.3, 0.4) is 0 Å². The third kappa shape index (κ3) is 12.1. The standard InChI is InChI=1S/C27H40BrO4P/c1-3-4-5-6-7-8-9-10-11-13-17-24(2)30-33(29,31-26-19-14-12-15-20-26)32-27-21-16-18-25(22-27)23-28/h12,14-16,18-22,24H,3-11,13,17,23H2,1-2H3. The van der Waals surface area contributed by atoms with E-state index in [4.69, 9.17) is 13.6 Å². The summed E-state index contributed by atoms with van der Waals surface area (Å²) in [5.74, 6) is 0.931. The molecule has 2 rings (SSSR count). The minimum Gasteiger partial charge on any atom is -0.395 e. The first-order valence-electron chi connectivity index (χ1n) is 12.4. The van der Waals surface area contributed by atoms with Gasteiger partial charge in [-0.15, -0.1) is 0 Å². The SMILES string of the molecule is CCCCCCCCCCCCC(C)OP(=O)(Oc1ccccc1)Oc1cccc(CBr)c1. The van der Waals surface area contributed by atoms with Crippen LogP contribution >= 0.6 is 23.8 Å². The second-order valence-corrected chi connectivity index (χ2v) is 10.6. The van der Waals surface area contributed by atoms with Crippen LogP contribution in [0.25, 0.3) is 0 Å². The largest absolute Gasteiger partial charge is 0.587 e. The third-order valence-corrected chi connectivity index (χ3v) is 7.64. The normalized spacial score (nSPS) is 13.9. The lowest BCUT2D eigenvalue weighted by Gasteiger charge is -2.22. The average Bonchev–Trinajstić information content (AvgIpc) is 2.80. The van der Waals surface area contributed by atoms with Gasteiger partial charge in [-0.2, -0.15) is 0 Å². The van der Waals surface area contributed by atoms with Gasteiger partial charge < -0.3 is 9.05 Å². The van der Waals surface area contributed by atoms with Crippen molar-refractivity contribution in [1.82, 2.24) is 0 Å². The molecule has 2 aromatic rings. The molecule has 184 valence electrons. The number of hydrogen-bond donors (Lipinski definition) is 0. The maximum atomic E-state index is 13.6. The van der Waals surface area contributed by atoms with E-state index in [0.717, 1.165) is 18.4 Å². The second kappa shape index (κ2) is 16.4. The van der Waals surface area contributed by atoms with Crippen molar-refractivity contribution in [2.24, 2.45) is 0 Å². The van der Waals surface area contributed by atoms with Gasteiger partial charge >= 0.3 is 7.82 Å². The van der Waals surface area contributed by atoms with Crippen LogP contribution in [0.5, 0.6) is 11.5 Å². The molecule has 2 unspecified atom stereocenters. The zero-order chi connectivity index (χ0) is 23.8. The second-order valence-electron chi connectivity index (χ2n) is 8.61. The highest BCUT2D eigenvalue weighted by molar-refractivity contribution is 9.08. The molecule has 0 aromatic heterocycles. The van der Waals surface area contributed by atoms with E-state index in [-0.39, 0.29) is 6.10 Å². The van der Waals surface area contributed by atoms with E-state index in [2.05, 4.69) is 22.9 Å². The number of rotatable bonds is 18. The summed E-state index contributed by atoms with van der Waals surface area (Å²) >= 11 is 3.44. The Labute approximate surface area is 209 Å². The van der Waals surface area contributed by atoms with E-state index in [9.17, 15) is 4.57 Å². The first-order chi connectivity index (χ1) is 16.0. The van der Waals surface area contributed by atoms with Crippen LogP contribution in [-0.4, -0.2) is 6.10 Å². The predicted octanol–water partition coefficient (Wildman–Crippen LogP) is 9.86. The molecule has 0 fully saturated rings. The maximum absolute atomic E-state index is 13.6. The fraction of sp³-hybridized carbons (Fsp3) is 0.556. The van der Waals surface area contributed by atoms with Crippen molar-refractivity contribution >= 4 is 23.8 Å². The molecule has 6 heteroatoms. The van der Waals surface area contributed by atoms with Crippen molar-refractivity contribution in [3.8, 4) is 11.5 Å². The molecule has 0 N–H and O–H groups in total. The number of para-hydroxylation sites is 1. The molecule has 4 nitrogen and oxygen atoms in total. The van der Waals surface area contributed by atoms with Gasteiger partial charge in [0, 0.05) is 5.33 Å². The summed E-state index contributed by atoms with van der Waals surface area (Å²) in [6.07, 6.45) is 13.4. The quantitative estimate of drug-likeness (QED) is 0.107. The molecule has 0 aliphatic carbocycles. The smallest absolute Gasteiger partial charge is 0.395 e. The highest BCUT2D eigenvalue weighted by Gasteiger charge is 2.33. The molecule has 33 heavy (non-hydrogen) atoms. The van der Waals surface area contributed by atoms with Gasteiger partial charge in [-0.05, 0) is 43.2 Å². The molecule has 0 amide bonds. The zero-order valence-electron chi connectivity index (χ0n) is 20.2. The summed E-state index contributed by atoms with van der Waals surface area (Å²) in [6, 6.07) is 16.5. The van der Waals surface area contributed by atoms with E-state index in [1.807, 2.05) is 43.3 Å². The van der Waals surface area contributed by atoms with E-state index in [0.29, 0.717) is 16.8 Å². The van der Waals surface area contributed by atoms with Gasteiger partial charge in [-0.3, -0.25) is 4.52 Å². The zero-order valence-corrected chi connectivity index (χ0v) is 22.7. The molecule has 2 aromatic carbocycles. The Morgan fingerprint density at radius 2 is 1.36 bits per heavy atom. The Morgan fingerprint density at radius 3 is 2.00 bits per heavy atom. The fourth-order valence-electron chi connectivity index (χ4n) is 3.68. The Bertz CT molecular complexity index is 815. The monoisotopic (exact) mass is 538 g/mol. The lowest BCUT2D eigenvalue weighted by atomic mass is 10.1. The number of hydrogen-bond acceptors (Lipinski definition) is 4. The van der Waals surface area contributed by atoms with E-state index in [1.165, 1.54) is 57.8 Å². The molecule has 0 saturated heterocycles. The first kappa shape index (κ1) is 28.0. The topological polar surface area (TPSA) is 44.8 Å². The predicted molar refractivity (Wildman–Crippen MR) is 141 cm³/mol. The van der Waals surface area contributed by atoms with Crippen molar-refractivity contribution < 1.29 is 18.1 Å². The van der Waals surface area contributed by atoms with E-state index < -0.39 is 7.82 Å². The number of alkyl halides is 1. The Morgan fingerprint density at radius 1 is 0.788 bits per heavy atom. The first-order valence-corrected chi connectivity index (χ1v) is 15.0. The summed E-state index contributed by atoms with van der Waals surface area (Å²) in [6.45, 7) is 4.19.